The molecule has 12 nitrogen and oxygen atoms in total. The van der Waals surface area contributed by atoms with Crippen molar-refractivity contribution in [3.63, 3.8) is 0 Å². The fourth-order valence-corrected chi connectivity index (χ4v) is 11.9. The third kappa shape index (κ3) is 10.2. The average Bonchev–Trinajstić information content (AvgIpc) is 3.89. The Kier molecular flexibility index (Phi) is 14.5. The van der Waals surface area contributed by atoms with E-state index in [0.717, 1.165) is 0 Å². The molecule has 0 radical (unpaired) electrons. The normalized spacial score (nSPS) is 19.9. The van der Waals surface area contributed by atoms with Crippen molar-refractivity contribution in [1.29, 1.82) is 0 Å². The molecule has 2 amide bonds. The number of carboxylic acid groups (broad SMARTS) is 2. The van der Waals surface area contributed by atoms with Gasteiger partial charge in [-0.3, -0.25) is 9.59 Å². The van der Waals surface area contributed by atoms with E-state index in [2.05, 4.69) is 0 Å². The van der Waals surface area contributed by atoms with Crippen LogP contribution in [-0.2, 0) is 19.2 Å². The number of carboxylic acids is 2. The molecule has 2 heterocycles. The molecule has 4 aromatic carbocycles. The molecule has 2 aliphatic heterocycles. The van der Waals surface area contributed by atoms with Crippen molar-refractivity contribution < 1.29 is 48.5 Å². The third-order valence-electron chi connectivity index (χ3n) is 9.37. The lowest BCUT2D eigenvalue weighted by atomic mass is 10.1. The molecule has 0 aromatic heterocycles. The highest BCUT2D eigenvalue weighted by Gasteiger charge is 2.45. The standard InChI is InChI=1S/C42H40N2O10S4/c1-25(35(45)43-33(39(47)48)23-55-37(43)29-15-9-17-31(19-29)53-41(51)27-11-5-3-6-12-27)21-57-58-22-26(2)36(46)44-34(40(49)50)24-56-38(44)30-16-10-18-32(20-30)54-42(52)28-13-7-4-8-14-28/h3-20,25-26,33-34,37-38H,21-24H2,1-2H3,(H,47,48)(H,49,50)/t25-,26-,33+,34+,37?,38?/m1/s1. The zero-order chi connectivity index (χ0) is 41.3. The van der Waals surface area contributed by atoms with E-state index >= 15 is 0 Å². The molecule has 0 bridgehead atoms. The first-order valence-corrected chi connectivity index (χ1v) is 22.8. The molecule has 4 aromatic rings. The number of hydrogen-bond donors (Lipinski definition) is 2. The van der Waals surface area contributed by atoms with Crippen LogP contribution in [0.25, 0.3) is 0 Å². The summed E-state index contributed by atoms with van der Waals surface area (Å²) < 4.78 is 11.2. The van der Waals surface area contributed by atoms with Gasteiger partial charge >= 0.3 is 23.9 Å². The van der Waals surface area contributed by atoms with E-state index in [-0.39, 0.29) is 34.8 Å². The molecule has 2 N–H and O–H groups in total. The summed E-state index contributed by atoms with van der Waals surface area (Å²) in [4.78, 5) is 80.6. The van der Waals surface area contributed by atoms with E-state index in [1.165, 1.54) is 54.9 Å². The molecule has 0 saturated carbocycles. The number of hydrogen-bond acceptors (Lipinski definition) is 12. The van der Waals surface area contributed by atoms with Crippen LogP contribution < -0.4 is 9.47 Å². The van der Waals surface area contributed by atoms with Crippen LogP contribution in [-0.4, -0.2) is 90.8 Å². The largest absolute Gasteiger partial charge is 0.480 e. The van der Waals surface area contributed by atoms with Crippen LogP contribution in [0.1, 0.15) is 56.4 Å². The topological polar surface area (TPSA) is 168 Å². The Labute approximate surface area is 351 Å². The molecular formula is C42H40N2O10S4. The maximum Gasteiger partial charge on any atom is 0.343 e. The summed E-state index contributed by atoms with van der Waals surface area (Å²) in [5.74, 6) is -3.59. The number of ether oxygens (including phenoxy) is 2. The second-order valence-electron chi connectivity index (χ2n) is 13.6. The summed E-state index contributed by atoms with van der Waals surface area (Å²) in [6.07, 6.45) is 0. The number of aliphatic carboxylic acids is 2. The highest BCUT2D eigenvalue weighted by molar-refractivity contribution is 8.76. The van der Waals surface area contributed by atoms with E-state index in [1.54, 1.807) is 123 Å². The van der Waals surface area contributed by atoms with Crippen molar-refractivity contribution in [3.8, 4) is 11.5 Å². The first kappa shape index (κ1) is 42.7. The van der Waals surface area contributed by atoms with E-state index in [1.807, 2.05) is 0 Å². The summed E-state index contributed by atoms with van der Waals surface area (Å²) >= 11 is 2.65. The summed E-state index contributed by atoms with van der Waals surface area (Å²) in [6, 6.07) is 28.4. The molecule has 0 aliphatic carbocycles. The lowest BCUT2D eigenvalue weighted by Gasteiger charge is -2.30. The van der Waals surface area contributed by atoms with Crippen molar-refractivity contribution in [2.24, 2.45) is 11.8 Å². The molecule has 16 heteroatoms. The van der Waals surface area contributed by atoms with Gasteiger partial charge in [-0.1, -0.05) is 96.1 Å². The predicted molar refractivity (Wildman–Crippen MR) is 226 cm³/mol. The van der Waals surface area contributed by atoms with Gasteiger partial charge in [0, 0.05) is 34.8 Å². The van der Waals surface area contributed by atoms with E-state index in [4.69, 9.17) is 9.47 Å². The predicted octanol–water partition coefficient (Wildman–Crippen LogP) is 7.53. The fourth-order valence-electron chi connectivity index (χ4n) is 6.34. The molecule has 0 spiro atoms. The molecular weight excluding hydrogens is 821 g/mol. The zero-order valence-electron chi connectivity index (χ0n) is 31.4. The molecule has 2 saturated heterocycles. The van der Waals surface area contributed by atoms with Gasteiger partial charge in [0.2, 0.25) is 11.8 Å². The summed E-state index contributed by atoms with van der Waals surface area (Å²) in [7, 11) is 2.75. The fraction of sp³-hybridized carbons (Fsp3) is 0.286. The number of thioether (sulfide) groups is 2. The van der Waals surface area contributed by atoms with Gasteiger partial charge in [-0.2, -0.15) is 0 Å². The molecule has 2 fully saturated rings. The van der Waals surface area contributed by atoms with E-state index < -0.39 is 58.5 Å². The van der Waals surface area contributed by atoms with Crippen LogP contribution in [0.3, 0.4) is 0 Å². The van der Waals surface area contributed by atoms with Crippen molar-refractivity contribution >= 4 is 80.8 Å². The number of nitrogens with zero attached hydrogens (tertiary/aromatic N) is 2. The van der Waals surface area contributed by atoms with Gasteiger partial charge in [0.05, 0.1) is 11.1 Å². The van der Waals surface area contributed by atoms with Crippen LogP contribution in [0.5, 0.6) is 11.5 Å². The Hall–Kier alpha value is -4.90. The van der Waals surface area contributed by atoms with Crippen LogP contribution in [0, 0.1) is 11.8 Å². The Morgan fingerprint density at radius 2 is 0.983 bits per heavy atom. The molecule has 6 rings (SSSR count). The number of esters is 2. The summed E-state index contributed by atoms with van der Waals surface area (Å²) in [6.45, 7) is 3.46. The van der Waals surface area contributed by atoms with E-state index in [9.17, 15) is 39.0 Å². The second-order valence-corrected chi connectivity index (χ2v) is 18.4. The maximum atomic E-state index is 13.9. The SMILES string of the molecule is C[C@H](CSSC[C@@H](C)C(=O)N1C(c2cccc(OC(=O)c3ccccc3)c2)SC[C@H]1C(=O)O)C(=O)N1C(c2cccc(OC(=O)c3ccccc3)c2)SC[C@H]1C(=O)O. The average molecular weight is 861 g/mol. The van der Waals surface area contributed by atoms with Crippen molar-refractivity contribution in [2.45, 2.75) is 36.7 Å². The Morgan fingerprint density at radius 1 is 0.603 bits per heavy atom. The number of carbonyl (C=O) groups is 6. The van der Waals surface area contributed by atoms with E-state index in [0.29, 0.717) is 33.8 Å². The van der Waals surface area contributed by atoms with Crippen LogP contribution in [0.15, 0.2) is 109 Å². The monoisotopic (exact) mass is 860 g/mol. The number of carbonyl (C=O) groups excluding carboxylic acids is 4. The van der Waals surface area contributed by atoms with Gasteiger partial charge < -0.3 is 29.5 Å². The van der Waals surface area contributed by atoms with Gasteiger partial charge in [-0.15, -0.1) is 23.5 Å². The number of rotatable bonds is 15. The molecule has 6 atom stereocenters. The summed E-state index contributed by atoms with van der Waals surface area (Å²) in [5, 5.41) is 18.9. The van der Waals surface area contributed by atoms with Gasteiger partial charge in [0.15, 0.2) is 0 Å². The summed E-state index contributed by atoms with van der Waals surface area (Å²) in [5.41, 5.74) is 2.01. The Morgan fingerprint density at radius 3 is 1.34 bits per heavy atom. The van der Waals surface area contributed by atoms with Crippen molar-refractivity contribution in [3.05, 3.63) is 131 Å². The van der Waals surface area contributed by atoms with Gasteiger partial charge in [-0.05, 0) is 59.7 Å². The van der Waals surface area contributed by atoms with Crippen LogP contribution in [0.4, 0.5) is 0 Å². The minimum atomic E-state index is -1.12. The lowest BCUT2D eigenvalue weighted by Crippen LogP contribution is -2.45. The first-order valence-electron chi connectivity index (χ1n) is 18.2. The van der Waals surface area contributed by atoms with Gasteiger partial charge in [0.25, 0.3) is 0 Å². The minimum absolute atomic E-state index is 0.185. The Bertz CT molecular complexity index is 1990. The number of amides is 2. The molecule has 58 heavy (non-hydrogen) atoms. The molecule has 2 aliphatic rings. The first-order chi connectivity index (χ1) is 27.9. The quantitative estimate of drug-likeness (QED) is 0.0521. The second kappa shape index (κ2) is 19.7. The van der Waals surface area contributed by atoms with Crippen molar-refractivity contribution in [1.82, 2.24) is 9.80 Å². The van der Waals surface area contributed by atoms with Gasteiger partial charge in [-0.25, -0.2) is 19.2 Å². The van der Waals surface area contributed by atoms with Crippen molar-refractivity contribution in [2.75, 3.05) is 23.0 Å². The van der Waals surface area contributed by atoms with Gasteiger partial charge in [0.1, 0.15) is 34.3 Å². The third-order valence-corrected chi connectivity index (χ3v) is 14.8. The Balaban J connectivity index is 1.06. The molecule has 302 valence electrons. The highest BCUT2D eigenvalue weighted by atomic mass is 33.1. The van der Waals surface area contributed by atoms with Crippen LogP contribution in [0.2, 0.25) is 0 Å². The zero-order valence-corrected chi connectivity index (χ0v) is 34.6. The smallest absolute Gasteiger partial charge is 0.343 e. The lowest BCUT2D eigenvalue weighted by molar-refractivity contribution is -0.150. The molecule has 2 unspecified atom stereocenters. The highest BCUT2D eigenvalue weighted by Crippen LogP contribution is 2.45. The minimum Gasteiger partial charge on any atom is -0.480 e. The van der Waals surface area contributed by atoms with Crippen LogP contribution >= 0.6 is 45.1 Å². The maximum absolute atomic E-state index is 13.9. The number of benzene rings is 4.